The molecule has 0 spiro atoms. The van der Waals surface area contributed by atoms with Gasteiger partial charge in [-0.05, 0) is 37.8 Å². The van der Waals surface area contributed by atoms with Crippen LogP contribution in [0.4, 0.5) is 0 Å². The van der Waals surface area contributed by atoms with E-state index in [0.29, 0.717) is 0 Å². The summed E-state index contributed by atoms with van der Waals surface area (Å²) in [6.07, 6.45) is 2.82. The van der Waals surface area contributed by atoms with Crippen molar-refractivity contribution in [3.63, 3.8) is 0 Å². The molecule has 0 aliphatic carbocycles. The molecule has 2 rings (SSSR count). The molecule has 0 amide bonds. The summed E-state index contributed by atoms with van der Waals surface area (Å²) in [4.78, 5) is 2.62. The van der Waals surface area contributed by atoms with Crippen molar-refractivity contribution in [2.75, 3.05) is 32.7 Å². The van der Waals surface area contributed by atoms with E-state index in [1.165, 1.54) is 32.5 Å². The summed E-state index contributed by atoms with van der Waals surface area (Å²) < 4.78 is 0. The highest BCUT2D eigenvalue weighted by molar-refractivity contribution is 5.22. The van der Waals surface area contributed by atoms with Gasteiger partial charge in [-0.2, -0.15) is 0 Å². The fraction of sp³-hybridized carbons (Fsp3) is 0.833. The van der Waals surface area contributed by atoms with Crippen LogP contribution >= 0.6 is 0 Å². The van der Waals surface area contributed by atoms with E-state index in [1.807, 2.05) is 0 Å². The summed E-state index contributed by atoms with van der Waals surface area (Å²) in [7, 11) is 0. The smallest absolute Gasteiger partial charge is 0.0193 e. The van der Waals surface area contributed by atoms with Gasteiger partial charge in [-0.25, -0.2) is 0 Å². The Labute approximate surface area is 87.4 Å². The van der Waals surface area contributed by atoms with Crippen LogP contribution in [0.25, 0.3) is 0 Å². The number of hydrogen-bond donors (Lipinski definition) is 1. The predicted molar refractivity (Wildman–Crippen MR) is 60.4 cm³/mol. The zero-order valence-corrected chi connectivity index (χ0v) is 9.47. The van der Waals surface area contributed by atoms with Crippen LogP contribution in [-0.2, 0) is 0 Å². The first kappa shape index (κ1) is 10.2. The summed E-state index contributed by atoms with van der Waals surface area (Å²) in [5, 5.41) is 3.31. The minimum absolute atomic E-state index is 0.904. The lowest BCUT2D eigenvalue weighted by molar-refractivity contribution is 0.197. The molecule has 14 heavy (non-hydrogen) atoms. The Hall–Kier alpha value is -0.340. The van der Waals surface area contributed by atoms with E-state index in [9.17, 15) is 0 Å². The predicted octanol–water partition coefficient (Wildman–Crippen LogP) is 1.64. The van der Waals surface area contributed by atoms with Gasteiger partial charge in [-0.1, -0.05) is 12.5 Å². The second-order valence-corrected chi connectivity index (χ2v) is 4.97. The highest BCUT2D eigenvalue weighted by Gasteiger charge is 2.18. The van der Waals surface area contributed by atoms with Crippen LogP contribution in [0, 0.1) is 5.92 Å². The summed E-state index contributed by atoms with van der Waals surface area (Å²) in [5.41, 5.74) is 3.25. The van der Waals surface area contributed by atoms with Crippen LogP contribution in [-0.4, -0.2) is 37.6 Å². The largest absolute Gasteiger partial charge is 0.309 e. The maximum absolute atomic E-state index is 3.31. The maximum atomic E-state index is 3.31. The van der Waals surface area contributed by atoms with Gasteiger partial charge in [0.2, 0.25) is 0 Å². The third kappa shape index (κ3) is 2.37. The van der Waals surface area contributed by atoms with Crippen LogP contribution in [0.5, 0.6) is 0 Å². The Morgan fingerprint density at radius 2 is 2.29 bits per heavy atom. The van der Waals surface area contributed by atoms with Gasteiger partial charge in [0, 0.05) is 26.2 Å². The second kappa shape index (κ2) is 4.45. The van der Waals surface area contributed by atoms with Crippen LogP contribution in [0.3, 0.4) is 0 Å². The summed E-state index contributed by atoms with van der Waals surface area (Å²) in [6.45, 7) is 10.8. The first-order valence-electron chi connectivity index (χ1n) is 5.86. The lowest BCUT2D eigenvalue weighted by Gasteiger charge is -2.32. The van der Waals surface area contributed by atoms with Gasteiger partial charge >= 0.3 is 0 Å². The molecule has 2 heterocycles. The van der Waals surface area contributed by atoms with Crippen LogP contribution in [0.15, 0.2) is 11.1 Å². The van der Waals surface area contributed by atoms with Crippen molar-refractivity contribution >= 4 is 0 Å². The van der Waals surface area contributed by atoms with E-state index in [4.69, 9.17) is 0 Å². The van der Waals surface area contributed by atoms with E-state index in [2.05, 4.69) is 24.1 Å². The average Bonchev–Trinajstić information content (AvgIpc) is 1.99. The Kier molecular flexibility index (Phi) is 3.24. The highest BCUT2D eigenvalue weighted by Crippen LogP contribution is 2.18. The number of nitrogens with zero attached hydrogens (tertiary/aromatic N) is 1. The SMILES string of the molecule is CC(CN1CCCC(C)C1)=C1CNC1. The zero-order valence-electron chi connectivity index (χ0n) is 9.47. The molecule has 80 valence electrons. The van der Waals surface area contributed by atoms with E-state index in [1.54, 1.807) is 11.1 Å². The zero-order chi connectivity index (χ0) is 9.97. The molecule has 0 saturated carbocycles. The molecule has 1 atom stereocenters. The van der Waals surface area contributed by atoms with Gasteiger partial charge in [0.1, 0.15) is 0 Å². The molecule has 2 aliphatic heterocycles. The molecule has 1 unspecified atom stereocenters. The van der Waals surface area contributed by atoms with Crippen LogP contribution < -0.4 is 5.32 Å². The number of rotatable bonds is 2. The van der Waals surface area contributed by atoms with Crippen LogP contribution in [0.2, 0.25) is 0 Å². The summed E-state index contributed by atoms with van der Waals surface area (Å²) in [6, 6.07) is 0. The molecule has 2 aliphatic rings. The lowest BCUT2D eigenvalue weighted by Crippen LogP contribution is -2.39. The van der Waals surface area contributed by atoms with Crippen molar-refractivity contribution in [3.05, 3.63) is 11.1 Å². The highest BCUT2D eigenvalue weighted by atomic mass is 15.1. The molecule has 0 aromatic rings. The van der Waals surface area contributed by atoms with Gasteiger partial charge in [0.25, 0.3) is 0 Å². The molecular weight excluding hydrogens is 172 g/mol. The number of hydrogen-bond acceptors (Lipinski definition) is 2. The number of likely N-dealkylation sites (tertiary alicyclic amines) is 1. The Morgan fingerprint density at radius 3 is 2.86 bits per heavy atom. The van der Waals surface area contributed by atoms with E-state index in [-0.39, 0.29) is 0 Å². The average molecular weight is 194 g/mol. The molecule has 1 N–H and O–H groups in total. The van der Waals surface area contributed by atoms with Gasteiger partial charge in [0.05, 0.1) is 0 Å². The quantitative estimate of drug-likeness (QED) is 0.672. The van der Waals surface area contributed by atoms with Gasteiger partial charge in [-0.3, -0.25) is 4.90 Å². The number of piperidine rings is 1. The molecule has 0 bridgehead atoms. The maximum Gasteiger partial charge on any atom is 0.0193 e. The third-order valence-corrected chi connectivity index (χ3v) is 3.48. The van der Waals surface area contributed by atoms with Crippen molar-refractivity contribution in [1.82, 2.24) is 10.2 Å². The molecule has 2 nitrogen and oxygen atoms in total. The first-order valence-corrected chi connectivity index (χ1v) is 5.86. The fourth-order valence-electron chi connectivity index (χ4n) is 2.43. The van der Waals surface area contributed by atoms with Crippen molar-refractivity contribution in [3.8, 4) is 0 Å². The van der Waals surface area contributed by atoms with E-state index >= 15 is 0 Å². The van der Waals surface area contributed by atoms with Gasteiger partial charge < -0.3 is 5.32 Å². The molecule has 2 fully saturated rings. The Balaban J connectivity index is 1.84. The minimum Gasteiger partial charge on any atom is -0.309 e. The standard InChI is InChI=1S/C12H22N2/c1-10-4-3-5-14(8-10)9-11(2)12-6-13-7-12/h10,13H,3-9H2,1-2H3. The normalized spacial score (nSPS) is 28.7. The van der Waals surface area contributed by atoms with Gasteiger partial charge in [-0.15, -0.1) is 0 Å². The second-order valence-electron chi connectivity index (χ2n) is 4.97. The van der Waals surface area contributed by atoms with Crippen molar-refractivity contribution in [2.45, 2.75) is 26.7 Å². The van der Waals surface area contributed by atoms with Crippen molar-refractivity contribution in [2.24, 2.45) is 5.92 Å². The minimum atomic E-state index is 0.904. The van der Waals surface area contributed by atoms with E-state index in [0.717, 1.165) is 19.0 Å². The monoisotopic (exact) mass is 194 g/mol. The summed E-state index contributed by atoms with van der Waals surface area (Å²) >= 11 is 0. The first-order chi connectivity index (χ1) is 6.75. The molecule has 2 saturated heterocycles. The Bertz CT molecular complexity index is 226. The number of nitrogens with one attached hydrogen (secondary N) is 1. The van der Waals surface area contributed by atoms with Crippen molar-refractivity contribution < 1.29 is 0 Å². The Morgan fingerprint density at radius 1 is 1.50 bits per heavy atom. The third-order valence-electron chi connectivity index (χ3n) is 3.48. The summed E-state index contributed by atoms with van der Waals surface area (Å²) in [5.74, 6) is 0.904. The fourth-order valence-corrected chi connectivity index (χ4v) is 2.43. The van der Waals surface area contributed by atoms with Gasteiger partial charge in [0.15, 0.2) is 0 Å². The molecule has 0 aromatic heterocycles. The van der Waals surface area contributed by atoms with E-state index < -0.39 is 0 Å². The van der Waals surface area contributed by atoms with Crippen molar-refractivity contribution in [1.29, 1.82) is 0 Å². The molecule has 2 heteroatoms. The molecule has 0 aromatic carbocycles. The van der Waals surface area contributed by atoms with Crippen LogP contribution in [0.1, 0.15) is 26.7 Å². The lowest BCUT2D eigenvalue weighted by atomic mass is 9.98. The molecule has 0 radical (unpaired) electrons. The topological polar surface area (TPSA) is 15.3 Å². The molecular formula is C12H22N2.